The summed E-state index contributed by atoms with van der Waals surface area (Å²) in [6.07, 6.45) is 7.78. The van der Waals surface area contributed by atoms with Crippen LogP contribution in [0.5, 0.6) is 5.75 Å². The average molecular weight is 348 g/mol. The largest absolute Gasteiger partial charge is 0.508 e. The van der Waals surface area contributed by atoms with Crippen molar-refractivity contribution >= 4 is 0 Å². The van der Waals surface area contributed by atoms with Gasteiger partial charge in [0.05, 0.1) is 5.69 Å². The minimum atomic E-state index is 0.298. The third-order valence-electron chi connectivity index (χ3n) is 5.00. The Morgan fingerprint density at radius 2 is 1.46 bits per heavy atom. The number of phenols is 1. The van der Waals surface area contributed by atoms with Crippen molar-refractivity contribution in [2.45, 2.75) is 52.4 Å². The Morgan fingerprint density at radius 1 is 0.769 bits per heavy atom. The van der Waals surface area contributed by atoms with Crippen LogP contribution in [0.1, 0.15) is 50.3 Å². The van der Waals surface area contributed by atoms with Crippen LogP contribution in [0.3, 0.4) is 0 Å². The molecule has 0 fully saturated rings. The van der Waals surface area contributed by atoms with E-state index in [2.05, 4.69) is 54.8 Å². The zero-order valence-corrected chi connectivity index (χ0v) is 15.9. The fraction of sp³-hybridized carbons (Fsp3) is 0.333. The summed E-state index contributed by atoms with van der Waals surface area (Å²) < 4.78 is 2.28. The van der Waals surface area contributed by atoms with Gasteiger partial charge in [0.1, 0.15) is 5.75 Å². The highest BCUT2D eigenvalue weighted by molar-refractivity contribution is 5.65. The molecule has 0 spiro atoms. The summed E-state index contributed by atoms with van der Waals surface area (Å²) in [5.74, 6) is 0.298. The fourth-order valence-electron chi connectivity index (χ4n) is 3.48. The van der Waals surface area contributed by atoms with E-state index in [0.717, 1.165) is 11.3 Å². The Balaban J connectivity index is 1.75. The van der Waals surface area contributed by atoms with E-state index in [1.807, 2.05) is 12.1 Å². The van der Waals surface area contributed by atoms with Crippen molar-refractivity contribution in [3.63, 3.8) is 0 Å². The minimum Gasteiger partial charge on any atom is -0.508 e. The second kappa shape index (κ2) is 8.75. The Bertz CT molecular complexity index is 812. The fourth-order valence-corrected chi connectivity index (χ4v) is 3.48. The summed E-state index contributed by atoms with van der Waals surface area (Å²) in [4.78, 5) is 0. The molecule has 0 amide bonds. The van der Waals surface area contributed by atoms with Crippen molar-refractivity contribution in [2.24, 2.45) is 0 Å². The van der Waals surface area contributed by atoms with Crippen LogP contribution in [0, 0.1) is 6.92 Å². The lowest BCUT2D eigenvalue weighted by Gasteiger charge is -2.13. The summed E-state index contributed by atoms with van der Waals surface area (Å²) in [7, 11) is 0. The van der Waals surface area contributed by atoms with Gasteiger partial charge in [0.25, 0.3) is 0 Å². The zero-order valence-electron chi connectivity index (χ0n) is 15.9. The molecule has 0 saturated heterocycles. The Hall–Kier alpha value is -2.48. The molecule has 2 nitrogen and oxygen atoms in total. The molecule has 0 bridgehead atoms. The molecule has 1 heterocycles. The predicted octanol–water partition coefficient (Wildman–Crippen LogP) is 6.67. The number of hydrogen-bond acceptors (Lipinski definition) is 1. The molecule has 2 heteroatoms. The van der Waals surface area contributed by atoms with Gasteiger partial charge in [-0.1, -0.05) is 44.7 Å². The molecule has 0 aliphatic rings. The summed E-state index contributed by atoms with van der Waals surface area (Å²) >= 11 is 0. The van der Waals surface area contributed by atoms with Gasteiger partial charge in [-0.2, -0.15) is 0 Å². The van der Waals surface area contributed by atoms with E-state index in [-0.39, 0.29) is 0 Å². The zero-order chi connectivity index (χ0) is 18.4. The van der Waals surface area contributed by atoms with Crippen LogP contribution in [0.25, 0.3) is 16.9 Å². The van der Waals surface area contributed by atoms with E-state index in [9.17, 15) is 5.11 Å². The van der Waals surface area contributed by atoms with Crippen molar-refractivity contribution < 1.29 is 5.11 Å². The molecule has 0 aliphatic carbocycles. The number of aromatic nitrogens is 1. The lowest BCUT2D eigenvalue weighted by molar-refractivity contribution is 0.475. The maximum absolute atomic E-state index is 9.54. The third kappa shape index (κ3) is 4.37. The second-order valence-electron chi connectivity index (χ2n) is 7.07. The number of nitrogens with zero attached hydrogens (tertiary/aromatic N) is 1. The lowest BCUT2D eigenvalue weighted by atomic mass is 10.1. The molecule has 0 radical (unpaired) electrons. The molecule has 3 aromatic rings. The van der Waals surface area contributed by atoms with Gasteiger partial charge in [0, 0.05) is 11.4 Å². The quantitative estimate of drug-likeness (QED) is 0.452. The van der Waals surface area contributed by atoms with Crippen LogP contribution in [0.15, 0.2) is 60.7 Å². The highest BCUT2D eigenvalue weighted by Gasteiger charge is 2.09. The van der Waals surface area contributed by atoms with E-state index >= 15 is 0 Å². The van der Waals surface area contributed by atoms with Gasteiger partial charge >= 0.3 is 0 Å². The SMILES string of the molecule is CCCCCCCc1ccc(-n2c(C)ccc2-c2ccc(O)cc2)cc1. The van der Waals surface area contributed by atoms with E-state index < -0.39 is 0 Å². The molecule has 1 aromatic heterocycles. The van der Waals surface area contributed by atoms with E-state index in [1.165, 1.54) is 55.5 Å². The highest BCUT2D eigenvalue weighted by atomic mass is 16.3. The van der Waals surface area contributed by atoms with Crippen molar-refractivity contribution in [2.75, 3.05) is 0 Å². The van der Waals surface area contributed by atoms with Crippen molar-refractivity contribution in [1.29, 1.82) is 0 Å². The molecule has 0 atom stereocenters. The van der Waals surface area contributed by atoms with E-state index in [1.54, 1.807) is 12.1 Å². The highest BCUT2D eigenvalue weighted by Crippen LogP contribution is 2.28. The number of aromatic hydroxyl groups is 1. The third-order valence-corrected chi connectivity index (χ3v) is 5.00. The van der Waals surface area contributed by atoms with E-state index in [0.29, 0.717) is 5.75 Å². The topological polar surface area (TPSA) is 25.2 Å². The first-order valence-electron chi connectivity index (χ1n) is 9.76. The minimum absolute atomic E-state index is 0.298. The van der Waals surface area contributed by atoms with Crippen molar-refractivity contribution in [3.8, 4) is 22.7 Å². The Morgan fingerprint density at radius 3 is 2.15 bits per heavy atom. The average Bonchev–Trinajstić information content (AvgIpc) is 3.04. The number of rotatable bonds is 8. The van der Waals surface area contributed by atoms with Gasteiger partial charge in [-0.05, 0) is 79.4 Å². The molecule has 0 aliphatic heterocycles. The number of aryl methyl sites for hydroxylation is 2. The van der Waals surface area contributed by atoms with Crippen LogP contribution in [0.2, 0.25) is 0 Å². The van der Waals surface area contributed by atoms with Crippen molar-refractivity contribution in [1.82, 2.24) is 4.57 Å². The number of phenolic OH excluding ortho intramolecular Hbond substituents is 1. The first-order chi connectivity index (χ1) is 12.7. The Labute approximate surface area is 157 Å². The second-order valence-corrected chi connectivity index (χ2v) is 7.07. The first-order valence-corrected chi connectivity index (χ1v) is 9.76. The molecular weight excluding hydrogens is 318 g/mol. The summed E-state index contributed by atoms with van der Waals surface area (Å²) in [6.45, 7) is 4.39. The molecule has 0 unspecified atom stereocenters. The normalized spacial score (nSPS) is 11.0. The van der Waals surface area contributed by atoms with E-state index in [4.69, 9.17) is 0 Å². The molecule has 136 valence electrons. The molecule has 1 N–H and O–H groups in total. The van der Waals surface area contributed by atoms with Gasteiger partial charge < -0.3 is 9.67 Å². The van der Waals surface area contributed by atoms with Crippen LogP contribution in [0.4, 0.5) is 0 Å². The maximum Gasteiger partial charge on any atom is 0.115 e. The number of hydrogen-bond donors (Lipinski definition) is 1. The van der Waals surface area contributed by atoms with Gasteiger partial charge in [0.15, 0.2) is 0 Å². The van der Waals surface area contributed by atoms with Crippen LogP contribution in [-0.2, 0) is 6.42 Å². The number of unbranched alkanes of at least 4 members (excludes halogenated alkanes) is 4. The maximum atomic E-state index is 9.54. The van der Waals surface area contributed by atoms with Crippen molar-refractivity contribution in [3.05, 3.63) is 71.9 Å². The lowest BCUT2D eigenvalue weighted by Crippen LogP contribution is -1.99. The van der Waals surface area contributed by atoms with Crippen LogP contribution < -0.4 is 0 Å². The predicted molar refractivity (Wildman–Crippen MR) is 110 cm³/mol. The molecule has 0 saturated carbocycles. The molecular formula is C24H29NO. The van der Waals surface area contributed by atoms with Gasteiger partial charge in [-0.15, -0.1) is 0 Å². The van der Waals surface area contributed by atoms with Gasteiger partial charge in [-0.3, -0.25) is 0 Å². The molecule has 3 rings (SSSR count). The van der Waals surface area contributed by atoms with Gasteiger partial charge in [0.2, 0.25) is 0 Å². The monoisotopic (exact) mass is 347 g/mol. The van der Waals surface area contributed by atoms with Crippen LogP contribution in [-0.4, -0.2) is 9.67 Å². The molecule has 26 heavy (non-hydrogen) atoms. The summed E-state index contributed by atoms with van der Waals surface area (Å²) in [6, 6.07) is 20.7. The first kappa shape index (κ1) is 18.3. The standard InChI is InChI=1S/C24H29NO/c1-3-4-5-6-7-8-20-10-14-22(15-11-20)25-19(2)9-18-24(25)21-12-16-23(26)17-13-21/h9-18,26H,3-8H2,1-2H3. The number of benzene rings is 2. The smallest absolute Gasteiger partial charge is 0.115 e. The Kier molecular flexibility index (Phi) is 6.17. The molecule has 2 aromatic carbocycles. The summed E-state index contributed by atoms with van der Waals surface area (Å²) in [5.41, 5.74) is 6.07. The summed E-state index contributed by atoms with van der Waals surface area (Å²) in [5, 5.41) is 9.54. The van der Waals surface area contributed by atoms with Crippen LogP contribution >= 0.6 is 0 Å². The van der Waals surface area contributed by atoms with Gasteiger partial charge in [-0.25, -0.2) is 0 Å².